The lowest BCUT2D eigenvalue weighted by molar-refractivity contribution is 0.00578. The van der Waals surface area contributed by atoms with E-state index >= 15 is 0 Å². The lowest BCUT2D eigenvalue weighted by Crippen LogP contribution is -2.45. The fourth-order valence-electron chi connectivity index (χ4n) is 3.85. The molecule has 0 radical (unpaired) electrons. The van der Waals surface area contributed by atoms with Gasteiger partial charge < -0.3 is 14.2 Å². The summed E-state index contributed by atoms with van der Waals surface area (Å²) < 4.78 is 27.0. The number of hydrogen-bond acceptors (Lipinski definition) is 4. The van der Waals surface area contributed by atoms with Crippen molar-refractivity contribution in [1.29, 1.82) is 0 Å². The zero-order valence-corrected chi connectivity index (χ0v) is 17.7. The molecular formula is C20H24B3FN2O3. The molecule has 0 N–H and O–H groups in total. The standard InChI is InChI=1S/C20H24B3FN2O3/c1-18(2)19(3,4)29-23(28-18)13-8-7-12(15(24)10-13)11-26-17(27)14-6-5-9-25-16(14)20(26,21)22/h5-10H,11,21-22H2,1-4H3. The minimum Gasteiger partial charge on any atom is -0.399 e. The van der Waals surface area contributed by atoms with Crippen molar-refractivity contribution in [1.82, 2.24) is 9.88 Å². The Kier molecular flexibility index (Phi) is 4.48. The Balaban J connectivity index is 1.58. The molecule has 0 unspecified atom stereocenters. The van der Waals surface area contributed by atoms with Gasteiger partial charge in [-0.1, -0.05) is 12.1 Å². The second kappa shape index (κ2) is 6.44. The van der Waals surface area contributed by atoms with Crippen LogP contribution >= 0.6 is 0 Å². The molecule has 1 aromatic heterocycles. The molecule has 1 fully saturated rings. The van der Waals surface area contributed by atoms with Crippen LogP contribution in [-0.2, 0) is 21.2 Å². The van der Waals surface area contributed by atoms with Gasteiger partial charge in [-0.25, -0.2) is 4.39 Å². The van der Waals surface area contributed by atoms with E-state index in [4.69, 9.17) is 9.31 Å². The third-order valence-electron chi connectivity index (χ3n) is 6.47. The first-order valence-electron chi connectivity index (χ1n) is 9.85. The molecule has 0 saturated carbocycles. The molecule has 3 heterocycles. The molecule has 0 spiro atoms. The quantitative estimate of drug-likeness (QED) is 0.717. The van der Waals surface area contributed by atoms with E-state index in [0.717, 1.165) is 5.69 Å². The van der Waals surface area contributed by atoms with Crippen LogP contribution in [0.2, 0.25) is 0 Å². The van der Waals surface area contributed by atoms with E-state index < -0.39 is 23.7 Å². The molecular weight excluding hydrogens is 368 g/mol. The van der Waals surface area contributed by atoms with Gasteiger partial charge in [0.15, 0.2) is 0 Å². The Hall–Kier alpha value is -2.12. The highest BCUT2D eigenvalue weighted by atomic mass is 19.1. The van der Waals surface area contributed by atoms with E-state index in [1.54, 1.807) is 35.4 Å². The highest BCUT2D eigenvalue weighted by Crippen LogP contribution is 2.37. The Morgan fingerprint density at radius 3 is 2.38 bits per heavy atom. The Bertz CT molecular complexity index is 981. The second-order valence-electron chi connectivity index (χ2n) is 9.29. The van der Waals surface area contributed by atoms with Gasteiger partial charge in [0, 0.05) is 23.6 Å². The maximum Gasteiger partial charge on any atom is 0.494 e. The fourth-order valence-corrected chi connectivity index (χ4v) is 3.85. The number of aromatic nitrogens is 1. The lowest BCUT2D eigenvalue weighted by Gasteiger charge is -2.32. The van der Waals surface area contributed by atoms with Crippen LogP contribution in [0.1, 0.15) is 49.3 Å². The van der Waals surface area contributed by atoms with Gasteiger partial charge in [0.2, 0.25) is 0 Å². The molecule has 1 aromatic carbocycles. The Morgan fingerprint density at radius 2 is 1.79 bits per heavy atom. The highest BCUT2D eigenvalue weighted by Gasteiger charge is 2.52. The van der Waals surface area contributed by atoms with Crippen molar-refractivity contribution >= 4 is 34.2 Å². The third kappa shape index (κ3) is 3.11. The molecule has 0 atom stereocenters. The minimum atomic E-state index is -0.623. The number of amides is 1. The number of carbonyl (C=O) groups excluding carboxylic acids is 1. The number of carbonyl (C=O) groups is 1. The summed E-state index contributed by atoms with van der Waals surface area (Å²) >= 11 is 0. The van der Waals surface area contributed by atoms with Gasteiger partial charge in [-0.3, -0.25) is 9.78 Å². The molecule has 2 aliphatic heterocycles. The van der Waals surface area contributed by atoms with E-state index in [2.05, 4.69) is 4.98 Å². The van der Waals surface area contributed by atoms with E-state index in [-0.39, 0.29) is 18.3 Å². The smallest absolute Gasteiger partial charge is 0.399 e. The third-order valence-corrected chi connectivity index (χ3v) is 6.47. The summed E-state index contributed by atoms with van der Waals surface area (Å²) in [7, 11) is 3.24. The van der Waals surface area contributed by atoms with E-state index in [9.17, 15) is 9.18 Å². The predicted octanol–water partition coefficient (Wildman–Crippen LogP) is 0.552. The monoisotopic (exact) mass is 392 g/mol. The predicted molar refractivity (Wildman–Crippen MR) is 115 cm³/mol. The SMILES string of the molecule is BC1(B)c2ncccc2C(=O)N1Cc1ccc(B2OC(C)(C)C(C)(C)O2)cc1F. The van der Waals surface area contributed by atoms with Gasteiger partial charge >= 0.3 is 7.12 Å². The molecule has 29 heavy (non-hydrogen) atoms. The summed E-state index contributed by atoms with van der Waals surface area (Å²) in [6.45, 7) is 8.02. The average Bonchev–Trinajstić information content (AvgIpc) is 2.97. The fraction of sp³-hybridized carbons (Fsp3) is 0.400. The highest BCUT2D eigenvalue weighted by molar-refractivity contribution is 6.62. The Morgan fingerprint density at radius 1 is 1.14 bits per heavy atom. The van der Waals surface area contributed by atoms with Gasteiger partial charge in [-0.15, -0.1) is 0 Å². The largest absolute Gasteiger partial charge is 0.494 e. The summed E-state index contributed by atoms with van der Waals surface area (Å²) in [4.78, 5) is 18.9. The lowest BCUT2D eigenvalue weighted by atomic mass is 9.59. The maximum atomic E-state index is 15.0. The molecule has 9 heteroatoms. The molecule has 2 aliphatic rings. The van der Waals surface area contributed by atoms with Crippen molar-refractivity contribution in [3.05, 3.63) is 59.2 Å². The van der Waals surface area contributed by atoms with Gasteiger partial charge in [-0.2, -0.15) is 0 Å². The number of pyridine rings is 1. The first-order chi connectivity index (χ1) is 13.4. The van der Waals surface area contributed by atoms with Gasteiger partial charge in [0.25, 0.3) is 5.91 Å². The van der Waals surface area contributed by atoms with Crippen LogP contribution in [0.25, 0.3) is 0 Å². The first kappa shape index (κ1) is 20.2. The van der Waals surface area contributed by atoms with Crippen molar-refractivity contribution in [2.45, 2.75) is 50.8 Å². The molecule has 1 amide bonds. The van der Waals surface area contributed by atoms with Crippen LogP contribution in [0.5, 0.6) is 0 Å². The van der Waals surface area contributed by atoms with E-state index in [0.29, 0.717) is 16.6 Å². The van der Waals surface area contributed by atoms with Gasteiger partial charge in [0.1, 0.15) is 21.5 Å². The number of nitrogens with zero attached hydrogens (tertiary/aromatic N) is 2. The summed E-state index contributed by atoms with van der Waals surface area (Å²) in [5.74, 6) is -0.516. The average molecular weight is 392 g/mol. The van der Waals surface area contributed by atoms with Crippen LogP contribution in [0.3, 0.4) is 0 Å². The number of benzene rings is 1. The van der Waals surface area contributed by atoms with Crippen LogP contribution in [0, 0.1) is 5.82 Å². The van der Waals surface area contributed by atoms with Crippen LogP contribution in [0.4, 0.5) is 4.39 Å². The van der Waals surface area contributed by atoms with Crippen molar-refractivity contribution in [3.8, 4) is 0 Å². The number of hydrogen-bond donors (Lipinski definition) is 0. The van der Waals surface area contributed by atoms with Crippen molar-refractivity contribution in [2.75, 3.05) is 0 Å². The summed E-state index contributed by atoms with van der Waals surface area (Å²) in [6, 6.07) is 8.46. The Labute approximate surface area is 172 Å². The summed E-state index contributed by atoms with van der Waals surface area (Å²) in [5.41, 5.74) is 1.39. The maximum absolute atomic E-state index is 15.0. The number of halogens is 1. The molecule has 2 aromatic rings. The van der Waals surface area contributed by atoms with Crippen LogP contribution in [0.15, 0.2) is 36.5 Å². The zero-order chi connectivity index (χ0) is 21.2. The summed E-state index contributed by atoms with van der Waals surface area (Å²) in [5, 5.41) is -0.607. The summed E-state index contributed by atoms with van der Waals surface area (Å²) in [6.07, 6.45) is 1.68. The van der Waals surface area contributed by atoms with Crippen molar-refractivity contribution < 1.29 is 18.5 Å². The molecule has 1 saturated heterocycles. The van der Waals surface area contributed by atoms with Gasteiger partial charge in [0.05, 0.1) is 22.5 Å². The second-order valence-corrected chi connectivity index (χ2v) is 9.29. The number of rotatable bonds is 3. The molecule has 4 rings (SSSR count). The van der Waals surface area contributed by atoms with Crippen LogP contribution < -0.4 is 5.46 Å². The van der Waals surface area contributed by atoms with Gasteiger partial charge in [-0.05, 0) is 51.4 Å². The molecule has 5 nitrogen and oxygen atoms in total. The topological polar surface area (TPSA) is 51.7 Å². The molecule has 148 valence electrons. The van der Waals surface area contributed by atoms with Crippen LogP contribution in [-0.4, -0.2) is 49.8 Å². The van der Waals surface area contributed by atoms with Crippen molar-refractivity contribution in [2.24, 2.45) is 0 Å². The number of fused-ring (bicyclic) bond motifs is 1. The van der Waals surface area contributed by atoms with E-state index in [1.807, 2.05) is 43.4 Å². The zero-order valence-electron chi connectivity index (χ0n) is 17.7. The minimum absolute atomic E-state index is 0.132. The molecule has 0 bridgehead atoms. The van der Waals surface area contributed by atoms with E-state index in [1.165, 1.54) is 6.07 Å². The molecule has 0 aliphatic carbocycles. The normalized spacial score (nSPS) is 21.5. The van der Waals surface area contributed by atoms with Crippen molar-refractivity contribution in [3.63, 3.8) is 0 Å². The first-order valence-corrected chi connectivity index (χ1v) is 9.85.